The summed E-state index contributed by atoms with van der Waals surface area (Å²) in [5.74, 6) is -1.82. The number of ether oxygens (including phenoxy) is 4. The van der Waals surface area contributed by atoms with Gasteiger partial charge < -0.3 is 38.7 Å². The fourth-order valence-corrected chi connectivity index (χ4v) is 11.7. The van der Waals surface area contributed by atoms with Gasteiger partial charge in [-0.15, -0.1) is 0 Å². The van der Waals surface area contributed by atoms with Crippen LogP contribution in [0.4, 0.5) is 0 Å². The number of hydrogen-bond acceptors (Lipinski definition) is 11. The highest BCUT2D eigenvalue weighted by atomic mass is 16.6. The monoisotopic (exact) mass is 936 g/mol. The maximum Gasteiger partial charge on any atom is 0.340 e. The second kappa shape index (κ2) is 21.0. The summed E-state index contributed by atoms with van der Waals surface area (Å²) in [5, 5.41) is 31.8. The van der Waals surface area contributed by atoms with Crippen LogP contribution in [0.3, 0.4) is 0 Å². The lowest BCUT2D eigenvalue weighted by molar-refractivity contribution is -0.199. The number of aliphatic hydroxyl groups excluding tert-OH is 3. The molecule has 362 valence electrons. The van der Waals surface area contributed by atoms with Crippen LogP contribution < -0.4 is 10.4 Å². The molecular formula is C58H64O11. The first-order valence-corrected chi connectivity index (χ1v) is 24.6. The highest BCUT2D eigenvalue weighted by molar-refractivity contribution is 5.90. The van der Waals surface area contributed by atoms with Gasteiger partial charge in [-0.25, -0.2) is 9.59 Å². The van der Waals surface area contributed by atoms with Gasteiger partial charge in [-0.2, -0.15) is 0 Å². The zero-order valence-electron chi connectivity index (χ0n) is 39.9. The van der Waals surface area contributed by atoms with Gasteiger partial charge in [0.1, 0.15) is 16.9 Å². The summed E-state index contributed by atoms with van der Waals surface area (Å²) in [7, 11) is 1.50. The van der Waals surface area contributed by atoms with E-state index in [1.807, 2.05) is 13.0 Å². The Morgan fingerprint density at radius 1 is 0.855 bits per heavy atom. The molecule has 5 aromatic rings. The Labute approximate surface area is 403 Å². The van der Waals surface area contributed by atoms with E-state index in [0.717, 1.165) is 43.2 Å². The summed E-state index contributed by atoms with van der Waals surface area (Å²) < 4.78 is 32.3. The van der Waals surface area contributed by atoms with Crippen molar-refractivity contribution < 1.29 is 48.3 Å². The molecule has 11 nitrogen and oxygen atoms in total. The molecular weight excluding hydrogens is 873 g/mol. The van der Waals surface area contributed by atoms with E-state index in [0.29, 0.717) is 40.7 Å². The van der Waals surface area contributed by atoms with Crippen LogP contribution in [0.15, 0.2) is 124 Å². The van der Waals surface area contributed by atoms with Crippen LogP contribution in [-0.4, -0.2) is 65.9 Å². The van der Waals surface area contributed by atoms with Crippen LogP contribution in [0.5, 0.6) is 5.75 Å². The molecule has 2 bridgehead atoms. The fraction of sp³-hybridized carbons (Fsp3) is 0.431. The standard InChI is InChI=1S/C58H64O11/c1-35(32-60)45-22-18-36-16-19-39(20-17-36)46-23-21-41(40-13-9-12-38(29-40)28-37-10-5-4-6-11-37)30-43(46)31-50(62)66-54-52-49(69-58(2,44-14-7-8-15-44)55(54)68-56(45)63)25-24-47-48(33-61)51(57(64)67-53(47)52)42(26-27-59)34-65-3/h4-6,9-13,16-17,19-21,23-25,29,41-44,46,54-55,59-61H,7-8,14-15,18,22,26-28,30-34H2,1-3H3/b45-35-/t41-,42-,43-,46+,54-,55+,58+/m1/s1. The fourth-order valence-electron chi connectivity index (χ4n) is 11.7. The van der Waals surface area contributed by atoms with Crippen molar-refractivity contribution in [1.82, 2.24) is 0 Å². The van der Waals surface area contributed by atoms with E-state index >= 15 is 4.79 Å². The Morgan fingerprint density at radius 2 is 1.62 bits per heavy atom. The van der Waals surface area contributed by atoms with Gasteiger partial charge in [-0.1, -0.05) is 104 Å². The first kappa shape index (κ1) is 48.2. The average Bonchev–Trinajstić information content (AvgIpc) is 3.91. The van der Waals surface area contributed by atoms with Crippen LogP contribution in [-0.2, 0) is 43.2 Å². The summed E-state index contributed by atoms with van der Waals surface area (Å²) >= 11 is 0. The highest BCUT2D eigenvalue weighted by Gasteiger charge is 2.57. The first-order chi connectivity index (χ1) is 33.5. The smallest absolute Gasteiger partial charge is 0.340 e. The molecule has 1 aromatic heterocycles. The van der Waals surface area contributed by atoms with Gasteiger partial charge in [-0.05, 0) is 116 Å². The predicted molar refractivity (Wildman–Crippen MR) is 262 cm³/mol. The van der Waals surface area contributed by atoms with Crippen LogP contribution in [0.2, 0.25) is 0 Å². The van der Waals surface area contributed by atoms with Crippen LogP contribution >= 0.6 is 0 Å². The molecule has 11 heteroatoms. The number of aryl methyl sites for hydroxylation is 1. The lowest BCUT2D eigenvalue weighted by Gasteiger charge is -2.48. The third-order valence-corrected chi connectivity index (χ3v) is 15.4. The Kier molecular flexibility index (Phi) is 14.7. The maximum absolute atomic E-state index is 15.2. The van der Waals surface area contributed by atoms with Crippen LogP contribution in [0.25, 0.3) is 11.0 Å². The van der Waals surface area contributed by atoms with Gasteiger partial charge in [0.2, 0.25) is 0 Å². The molecule has 0 amide bonds. The zero-order valence-corrected chi connectivity index (χ0v) is 39.9. The molecule has 1 fully saturated rings. The van der Waals surface area contributed by atoms with Gasteiger partial charge in [0, 0.05) is 60.3 Å². The van der Waals surface area contributed by atoms with Crippen molar-refractivity contribution in [2.45, 2.75) is 120 Å². The number of carbonyl (C=O) groups excluding carboxylic acids is 2. The maximum atomic E-state index is 15.2. The number of aliphatic hydroxyl groups is 3. The summed E-state index contributed by atoms with van der Waals surface area (Å²) in [6, 6.07) is 30.9. The molecule has 4 heterocycles. The lowest BCUT2D eigenvalue weighted by Crippen LogP contribution is -2.58. The number of rotatable bonds is 11. The van der Waals surface area contributed by atoms with Crippen LogP contribution in [0, 0.1) is 11.8 Å². The molecule has 3 N–H and O–H groups in total. The molecule has 69 heavy (non-hydrogen) atoms. The molecule has 7 atom stereocenters. The number of benzene rings is 4. The number of allylic oxidation sites excluding steroid dienone is 2. The van der Waals surface area contributed by atoms with Crippen molar-refractivity contribution in [1.29, 1.82) is 0 Å². The van der Waals surface area contributed by atoms with E-state index in [-0.39, 0.29) is 79.5 Å². The summed E-state index contributed by atoms with van der Waals surface area (Å²) in [5.41, 5.74) is 5.27. The molecule has 0 unspecified atom stereocenters. The van der Waals surface area contributed by atoms with Gasteiger partial charge >= 0.3 is 17.6 Å². The number of hydrogen-bond donors (Lipinski definition) is 3. The van der Waals surface area contributed by atoms with Gasteiger partial charge in [0.25, 0.3) is 0 Å². The molecule has 0 spiro atoms. The molecule has 4 aromatic carbocycles. The van der Waals surface area contributed by atoms with E-state index in [2.05, 4.69) is 84.9 Å². The number of esters is 2. The van der Waals surface area contributed by atoms with Crippen LogP contribution in [0.1, 0.15) is 134 Å². The average molecular weight is 937 g/mol. The predicted octanol–water partition coefficient (Wildman–Crippen LogP) is 9.61. The molecule has 5 aliphatic rings. The zero-order chi connectivity index (χ0) is 48.2. The normalized spacial score (nSPS) is 25.3. The second-order valence-electron chi connectivity index (χ2n) is 19.7. The SMILES string of the molecule is COC[C@@H](CCO)c1c(CO)c2ccc3c(c2oc1=O)[C@H]1OC(=O)C[C@H]2C[C@H](c4cccc(Cc5ccccc5)c4)C=C[C@H]2c2ccc(cc2)CC/C(=C(\C)CO)C(=O)O[C@@H]1[C@](C)(C1CCCC1)O3. The third-order valence-electron chi connectivity index (χ3n) is 15.4. The number of methoxy groups -OCH3 is 1. The highest BCUT2D eigenvalue weighted by Crippen LogP contribution is 2.53. The van der Waals surface area contributed by atoms with Crippen molar-refractivity contribution >= 4 is 22.9 Å². The first-order valence-electron chi connectivity index (χ1n) is 24.6. The van der Waals surface area contributed by atoms with Crippen molar-refractivity contribution in [2.75, 3.05) is 26.9 Å². The van der Waals surface area contributed by atoms with Crippen molar-refractivity contribution in [3.63, 3.8) is 0 Å². The molecule has 3 aliphatic heterocycles. The minimum atomic E-state index is -1.31. The number of fused-ring (bicyclic) bond motifs is 11. The van der Waals surface area contributed by atoms with Crippen molar-refractivity contribution in [2.24, 2.45) is 11.8 Å². The van der Waals surface area contributed by atoms with Gasteiger partial charge in [0.15, 0.2) is 12.2 Å². The lowest BCUT2D eigenvalue weighted by atomic mass is 9.72. The Hall–Kier alpha value is -5.85. The minimum absolute atomic E-state index is 0.0276. The Balaban J connectivity index is 1.18. The number of carbonyl (C=O) groups is 2. The molecule has 0 radical (unpaired) electrons. The summed E-state index contributed by atoms with van der Waals surface area (Å²) in [6.45, 7) is 2.60. The summed E-state index contributed by atoms with van der Waals surface area (Å²) in [4.78, 5) is 44.3. The topological polar surface area (TPSA) is 162 Å². The van der Waals surface area contributed by atoms with E-state index in [9.17, 15) is 24.9 Å². The molecule has 1 saturated carbocycles. The Bertz CT molecular complexity index is 2760. The summed E-state index contributed by atoms with van der Waals surface area (Å²) in [6.07, 6.45) is 7.90. The van der Waals surface area contributed by atoms with Crippen molar-refractivity contribution in [3.05, 3.63) is 169 Å². The van der Waals surface area contributed by atoms with E-state index in [1.165, 1.54) is 23.8 Å². The van der Waals surface area contributed by atoms with Gasteiger partial charge in [-0.3, -0.25) is 4.79 Å². The molecule has 0 saturated heterocycles. The van der Waals surface area contributed by atoms with E-state index in [4.69, 9.17) is 23.4 Å². The quantitative estimate of drug-likeness (QED) is 0.0501. The Morgan fingerprint density at radius 3 is 2.35 bits per heavy atom. The molecule has 2 aliphatic carbocycles. The minimum Gasteiger partial charge on any atom is -0.483 e. The second-order valence-corrected chi connectivity index (χ2v) is 19.7. The third kappa shape index (κ3) is 9.84. The van der Waals surface area contributed by atoms with Crippen molar-refractivity contribution in [3.8, 4) is 5.75 Å². The largest absolute Gasteiger partial charge is 0.483 e. The molecule has 10 rings (SSSR count). The van der Waals surface area contributed by atoms with E-state index < -0.39 is 47.9 Å². The van der Waals surface area contributed by atoms with Gasteiger partial charge in [0.05, 0.1) is 25.4 Å². The van der Waals surface area contributed by atoms with E-state index in [1.54, 1.807) is 19.1 Å².